The summed E-state index contributed by atoms with van der Waals surface area (Å²) in [7, 11) is 0. The summed E-state index contributed by atoms with van der Waals surface area (Å²) < 4.78 is 0. The Hall–Kier alpha value is -0.520. The zero-order valence-corrected chi connectivity index (χ0v) is 16.6. The second-order valence-corrected chi connectivity index (χ2v) is 7.29. The van der Waals surface area contributed by atoms with Crippen molar-refractivity contribution in [3.63, 3.8) is 0 Å². The van der Waals surface area contributed by atoms with Crippen molar-refractivity contribution in [2.45, 2.75) is 123 Å². The van der Waals surface area contributed by atoms with Gasteiger partial charge in [0.05, 0.1) is 0 Å². The van der Waals surface area contributed by atoms with Crippen molar-refractivity contribution >= 4 is 0 Å². The molecule has 0 radical (unpaired) electrons. The van der Waals surface area contributed by atoms with E-state index >= 15 is 0 Å². The monoisotopic (exact) mass is 338 g/mol. The highest BCUT2D eigenvalue weighted by Crippen LogP contribution is 2.18. The number of unbranched alkanes of at least 4 members (excludes halogenated alkanes) is 9. The lowest BCUT2D eigenvalue weighted by atomic mass is 9.95. The van der Waals surface area contributed by atoms with E-state index in [0.717, 1.165) is 25.7 Å². The average Bonchev–Trinajstić information content (AvgIpc) is 2.54. The van der Waals surface area contributed by atoms with E-state index in [-0.39, 0.29) is 0 Å². The molecule has 0 bridgehead atoms. The lowest BCUT2D eigenvalue weighted by molar-refractivity contribution is -0.114. The SMILES string of the molecule is CCCCCCCCCCCCC(C#CC(O)(O)CCC)CCC. The van der Waals surface area contributed by atoms with Gasteiger partial charge in [0.25, 0.3) is 0 Å². The minimum atomic E-state index is -1.79. The first-order chi connectivity index (χ1) is 11.6. The van der Waals surface area contributed by atoms with E-state index in [1.807, 2.05) is 6.92 Å². The molecule has 1 unspecified atom stereocenters. The minimum absolute atomic E-state index is 0.319. The molecule has 0 rings (SSSR count). The molecule has 0 aromatic carbocycles. The van der Waals surface area contributed by atoms with Crippen LogP contribution in [0.25, 0.3) is 0 Å². The van der Waals surface area contributed by atoms with Gasteiger partial charge >= 0.3 is 0 Å². The van der Waals surface area contributed by atoms with Gasteiger partial charge in [0.2, 0.25) is 5.79 Å². The fraction of sp³-hybridized carbons (Fsp3) is 0.909. The topological polar surface area (TPSA) is 40.5 Å². The molecule has 0 fully saturated rings. The average molecular weight is 339 g/mol. The largest absolute Gasteiger partial charge is 0.356 e. The quantitative estimate of drug-likeness (QED) is 0.212. The highest BCUT2D eigenvalue weighted by molar-refractivity contribution is 5.11. The van der Waals surface area contributed by atoms with Crippen LogP contribution in [0.2, 0.25) is 0 Å². The summed E-state index contributed by atoms with van der Waals surface area (Å²) in [5.74, 6) is 4.34. The summed E-state index contributed by atoms with van der Waals surface area (Å²) in [6, 6.07) is 0. The van der Waals surface area contributed by atoms with Crippen LogP contribution >= 0.6 is 0 Å². The van der Waals surface area contributed by atoms with Crippen LogP contribution in [0.4, 0.5) is 0 Å². The Balaban J connectivity index is 3.81. The van der Waals surface area contributed by atoms with Crippen LogP contribution in [0.5, 0.6) is 0 Å². The van der Waals surface area contributed by atoms with Crippen LogP contribution in [0.15, 0.2) is 0 Å². The molecule has 142 valence electrons. The van der Waals surface area contributed by atoms with Gasteiger partial charge in [-0.2, -0.15) is 0 Å². The summed E-state index contributed by atoms with van der Waals surface area (Å²) in [5, 5.41) is 19.5. The number of hydrogen-bond donors (Lipinski definition) is 2. The first-order valence-corrected chi connectivity index (χ1v) is 10.5. The normalized spacial score (nSPS) is 12.7. The molecular formula is C22H42O2. The zero-order chi connectivity index (χ0) is 18.1. The molecule has 0 aromatic rings. The van der Waals surface area contributed by atoms with Gasteiger partial charge < -0.3 is 10.2 Å². The summed E-state index contributed by atoms with van der Waals surface area (Å²) in [6.45, 7) is 6.38. The van der Waals surface area contributed by atoms with Gasteiger partial charge in [0.15, 0.2) is 0 Å². The Labute approximate surface area is 151 Å². The molecular weight excluding hydrogens is 296 g/mol. The highest BCUT2D eigenvalue weighted by atomic mass is 16.5. The Morgan fingerprint density at radius 3 is 1.71 bits per heavy atom. The van der Waals surface area contributed by atoms with E-state index in [9.17, 15) is 10.2 Å². The lowest BCUT2D eigenvalue weighted by Crippen LogP contribution is -2.25. The molecule has 0 saturated carbocycles. The Kier molecular flexibility index (Phi) is 15.6. The summed E-state index contributed by atoms with van der Waals surface area (Å²) in [6.07, 6.45) is 17.8. The molecule has 2 nitrogen and oxygen atoms in total. The fourth-order valence-corrected chi connectivity index (χ4v) is 3.14. The van der Waals surface area contributed by atoms with E-state index in [0.29, 0.717) is 12.3 Å². The number of hydrogen-bond acceptors (Lipinski definition) is 2. The van der Waals surface area contributed by atoms with Crippen molar-refractivity contribution in [2.24, 2.45) is 5.92 Å². The smallest absolute Gasteiger partial charge is 0.228 e. The molecule has 0 heterocycles. The van der Waals surface area contributed by atoms with Crippen LogP contribution in [-0.4, -0.2) is 16.0 Å². The maximum Gasteiger partial charge on any atom is 0.228 e. The molecule has 1 atom stereocenters. The van der Waals surface area contributed by atoms with E-state index < -0.39 is 5.79 Å². The second kappa shape index (κ2) is 16.0. The molecule has 0 spiro atoms. The first-order valence-electron chi connectivity index (χ1n) is 10.5. The van der Waals surface area contributed by atoms with Gasteiger partial charge in [0, 0.05) is 12.3 Å². The standard InChI is InChI=1S/C22H42O2/c1-4-7-8-9-10-11-12-13-14-15-17-21(16-5-2)18-20-22(23,24)19-6-3/h21,23-24H,4-17,19H2,1-3H3. The minimum Gasteiger partial charge on any atom is -0.356 e. The predicted octanol–water partition coefficient (Wildman–Crippen LogP) is 6.20. The van der Waals surface area contributed by atoms with Crippen molar-refractivity contribution in [1.29, 1.82) is 0 Å². The molecule has 0 aromatic heterocycles. The molecule has 2 heteroatoms. The lowest BCUT2D eigenvalue weighted by Gasteiger charge is -2.14. The van der Waals surface area contributed by atoms with Crippen LogP contribution in [0, 0.1) is 17.8 Å². The molecule has 2 N–H and O–H groups in total. The third-order valence-corrected chi connectivity index (χ3v) is 4.62. The van der Waals surface area contributed by atoms with Gasteiger partial charge in [-0.05, 0) is 25.2 Å². The molecule has 0 saturated heterocycles. The van der Waals surface area contributed by atoms with Crippen molar-refractivity contribution in [1.82, 2.24) is 0 Å². The predicted molar refractivity (Wildman–Crippen MR) is 105 cm³/mol. The maximum absolute atomic E-state index is 9.76. The summed E-state index contributed by atoms with van der Waals surface area (Å²) >= 11 is 0. The van der Waals surface area contributed by atoms with Gasteiger partial charge in [-0.25, -0.2) is 0 Å². The van der Waals surface area contributed by atoms with E-state index in [1.165, 1.54) is 64.2 Å². The summed E-state index contributed by atoms with van der Waals surface area (Å²) in [5.41, 5.74) is 0. The summed E-state index contributed by atoms with van der Waals surface area (Å²) in [4.78, 5) is 0. The Morgan fingerprint density at radius 1 is 0.667 bits per heavy atom. The number of rotatable bonds is 15. The molecule has 24 heavy (non-hydrogen) atoms. The van der Waals surface area contributed by atoms with Crippen LogP contribution < -0.4 is 0 Å². The van der Waals surface area contributed by atoms with Crippen molar-refractivity contribution in [3.8, 4) is 11.8 Å². The van der Waals surface area contributed by atoms with Crippen LogP contribution in [0.3, 0.4) is 0 Å². The van der Waals surface area contributed by atoms with Gasteiger partial charge in [0.1, 0.15) is 0 Å². The van der Waals surface area contributed by atoms with E-state index in [4.69, 9.17) is 0 Å². The maximum atomic E-state index is 9.76. The van der Waals surface area contributed by atoms with Gasteiger partial charge in [-0.15, -0.1) is 0 Å². The van der Waals surface area contributed by atoms with Crippen LogP contribution in [-0.2, 0) is 0 Å². The fourth-order valence-electron chi connectivity index (χ4n) is 3.14. The van der Waals surface area contributed by atoms with Crippen molar-refractivity contribution in [2.75, 3.05) is 0 Å². The Bertz CT molecular complexity index is 325. The third kappa shape index (κ3) is 15.0. The van der Waals surface area contributed by atoms with E-state index in [1.54, 1.807) is 0 Å². The highest BCUT2D eigenvalue weighted by Gasteiger charge is 2.18. The van der Waals surface area contributed by atoms with Gasteiger partial charge in [-0.1, -0.05) is 97.3 Å². The van der Waals surface area contributed by atoms with Gasteiger partial charge in [-0.3, -0.25) is 0 Å². The first kappa shape index (κ1) is 23.5. The molecule has 0 aliphatic rings. The second-order valence-electron chi connectivity index (χ2n) is 7.29. The van der Waals surface area contributed by atoms with E-state index in [2.05, 4.69) is 25.7 Å². The molecule has 0 amide bonds. The molecule has 0 aliphatic heterocycles. The van der Waals surface area contributed by atoms with Crippen molar-refractivity contribution < 1.29 is 10.2 Å². The molecule has 0 aliphatic carbocycles. The number of aliphatic hydroxyl groups is 2. The third-order valence-electron chi connectivity index (χ3n) is 4.62. The van der Waals surface area contributed by atoms with Crippen molar-refractivity contribution in [3.05, 3.63) is 0 Å². The Morgan fingerprint density at radius 2 is 1.21 bits per heavy atom. The van der Waals surface area contributed by atoms with Crippen LogP contribution in [0.1, 0.15) is 117 Å². The zero-order valence-electron chi connectivity index (χ0n) is 16.6.